The third kappa shape index (κ3) is 5.17. The number of methoxy groups -OCH3 is 1. The van der Waals surface area contributed by atoms with E-state index in [9.17, 15) is 4.79 Å². The molecule has 0 saturated carbocycles. The minimum Gasteiger partial charge on any atom is -0.493 e. The number of likely N-dealkylation sites (N-methyl/N-ethyl adjacent to an activating group) is 1. The first-order valence-corrected chi connectivity index (χ1v) is 10.7. The van der Waals surface area contributed by atoms with Gasteiger partial charge in [-0.1, -0.05) is 13.0 Å². The van der Waals surface area contributed by atoms with Crippen LogP contribution in [0.4, 0.5) is 0 Å². The number of nitrogens with zero attached hydrogens (tertiary/aromatic N) is 3. The van der Waals surface area contributed by atoms with E-state index in [0.717, 1.165) is 76.7 Å². The van der Waals surface area contributed by atoms with Gasteiger partial charge in [-0.25, -0.2) is 0 Å². The molecule has 0 radical (unpaired) electrons. The average molecular weight is 390 g/mol. The van der Waals surface area contributed by atoms with E-state index in [1.165, 1.54) is 5.56 Å². The Labute approximate surface area is 169 Å². The molecular formula is C22H35N3O3. The summed E-state index contributed by atoms with van der Waals surface area (Å²) in [5.74, 6) is 2.15. The maximum absolute atomic E-state index is 12.9. The molecule has 3 rings (SSSR count). The van der Waals surface area contributed by atoms with Crippen LogP contribution in [0.3, 0.4) is 0 Å². The SMILES string of the molecule is CCOc1ccc(CN2CCC(C(=O)N3CCN(CC)CC3)CC2)cc1OC. The highest BCUT2D eigenvalue weighted by Gasteiger charge is 2.30. The largest absolute Gasteiger partial charge is 0.493 e. The number of carbonyl (C=O) groups is 1. The van der Waals surface area contributed by atoms with Gasteiger partial charge in [-0.3, -0.25) is 9.69 Å². The van der Waals surface area contributed by atoms with Gasteiger partial charge in [0.05, 0.1) is 13.7 Å². The van der Waals surface area contributed by atoms with Crippen molar-refractivity contribution in [3.8, 4) is 11.5 Å². The predicted molar refractivity (Wildman–Crippen MR) is 111 cm³/mol. The first-order chi connectivity index (χ1) is 13.6. The van der Waals surface area contributed by atoms with Crippen molar-refractivity contribution in [1.82, 2.24) is 14.7 Å². The summed E-state index contributed by atoms with van der Waals surface area (Å²) in [6.45, 7) is 12.5. The van der Waals surface area contributed by atoms with E-state index in [2.05, 4.69) is 33.8 Å². The van der Waals surface area contributed by atoms with Gasteiger partial charge < -0.3 is 19.3 Å². The summed E-state index contributed by atoms with van der Waals surface area (Å²) in [6, 6.07) is 6.16. The topological polar surface area (TPSA) is 45.2 Å². The Kier molecular flexibility index (Phi) is 7.57. The molecule has 2 saturated heterocycles. The van der Waals surface area contributed by atoms with Crippen LogP contribution in [0.15, 0.2) is 18.2 Å². The molecule has 6 nitrogen and oxygen atoms in total. The molecule has 2 aliphatic heterocycles. The number of likely N-dealkylation sites (tertiary alicyclic amines) is 1. The van der Waals surface area contributed by atoms with Crippen LogP contribution in [-0.2, 0) is 11.3 Å². The van der Waals surface area contributed by atoms with Gasteiger partial charge >= 0.3 is 0 Å². The lowest BCUT2D eigenvalue weighted by Gasteiger charge is -2.38. The third-order valence-electron chi connectivity index (χ3n) is 6.00. The highest BCUT2D eigenvalue weighted by Crippen LogP contribution is 2.29. The summed E-state index contributed by atoms with van der Waals surface area (Å²) in [7, 11) is 1.68. The van der Waals surface area contributed by atoms with E-state index in [1.807, 2.05) is 13.0 Å². The van der Waals surface area contributed by atoms with Crippen LogP contribution < -0.4 is 9.47 Å². The predicted octanol–water partition coefficient (Wildman–Crippen LogP) is 2.47. The summed E-state index contributed by atoms with van der Waals surface area (Å²) in [5.41, 5.74) is 1.22. The van der Waals surface area contributed by atoms with Crippen LogP contribution in [0.5, 0.6) is 11.5 Å². The lowest BCUT2D eigenvalue weighted by Crippen LogP contribution is -2.51. The molecule has 0 spiro atoms. The maximum Gasteiger partial charge on any atom is 0.225 e. The smallest absolute Gasteiger partial charge is 0.225 e. The van der Waals surface area contributed by atoms with Gasteiger partial charge in [0.15, 0.2) is 11.5 Å². The fourth-order valence-corrected chi connectivity index (χ4v) is 4.22. The fourth-order valence-electron chi connectivity index (χ4n) is 4.22. The zero-order valence-electron chi connectivity index (χ0n) is 17.7. The second-order valence-corrected chi connectivity index (χ2v) is 7.73. The maximum atomic E-state index is 12.9. The van der Waals surface area contributed by atoms with Crippen molar-refractivity contribution >= 4 is 5.91 Å². The molecule has 1 amide bonds. The van der Waals surface area contributed by atoms with Crippen LogP contribution in [0.1, 0.15) is 32.3 Å². The summed E-state index contributed by atoms with van der Waals surface area (Å²) in [6.07, 6.45) is 1.92. The number of rotatable bonds is 7. The van der Waals surface area contributed by atoms with Crippen LogP contribution in [-0.4, -0.2) is 80.1 Å². The average Bonchev–Trinajstić information content (AvgIpc) is 2.75. The number of ether oxygens (including phenoxy) is 2. The highest BCUT2D eigenvalue weighted by atomic mass is 16.5. The molecule has 0 atom stereocenters. The summed E-state index contributed by atoms with van der Waals surface area (Å²) in [5, 5.41) is 0. The number of piperidine rings is 1. The third-order valence-corrected chi connectivity index (χ3v) is 6.00. The first-order valence-electron chi connectivity index (χ1n) is 10.7. The normalized spacial score (nSPS) is 19.6. The number of carbonyl (C=O) groups excluding carboxylic acids is 1. The second-order valence-electron chi connectivity index (χ2n) is 7.73. The molecule has 2 aliphatic rings. The molecule has 156 valence electrons. The van der Waals surface area contributed by atoms with E-state index in [-0.39, 0.29) is 5.92 Å². The van der Waals surface area contributed by atoms with Gasteiger partial charge in [0.25, 0.3) is 0 Å². The number of hydrogen-bond acceptors (Lipinski definition) is 5. The van der Waals surface area contributed by atoms with Gasteiger partial charge in [0.1, 0.15) is 0 Å². The van der Waals surface area contributed by atoms with E-state index in [1.54, 1.807) is 7.11 Å². The molecule has 1 aromatic carbocycles. The minimum absolute atomic E-state index is 0.194. The summed E-state index contributed by atoms with van der Waals surface area (Å²) >= 11 is 0. The Balaban J connectivity index is 1.48. The first kappa shape index (κ1) is 20.9. The molecular weight excluding hydrogens is 354 g/mol. The Hall–Kier alpha value is -1.79. The standard InChI is InChI=1S/C22H35N3O3/c1-4-23-12-14-25(15-13-23)22(26)19-8-10-24(11-9-19)17-18-6-7-20(28-5-2)21(16-18)27-3/h6-7,16,19H,4-5,8-15,17H2,1-3H3. The lowest BCUT2D eigenvalue weighted by atomic mass is 9.94. The molecule has 0 aromatic heterocycles. The molecule has 0 aliphatic carbocycles. The number of hydrogen-bond donors (Lipinski definition) is 0. The Bertz CT molecular complexity index is 636. The zero-order chi connectivity index (χ0) is 19.9. The molecule has 28 heavy (non-hydrogen) atoms. The fraction of sp³-hybridized carbons (Fsp3) is 0.682. The van der Waals surface area contributed by atoms with E-state index in [4.69, 9.17) is 9.47 Å². The van der Waals surface area contributed by atoms with E-state index in [0.29, 0.717) is 12.5 Å². The monoisotopic (exact) mass is 389 g/mol. The van der Waals surface area contributed by atoms with Gasteiger partial charge in [-0.05, 0) is 57.1 Å². The second kappa shape index (κ2) is 10.1. The van der Waals surface area contributed by atoms with Crippen molar-refractivity contribution in [3.63, 3.8) is 0 Å². The zero-order valence-corrected chi connectivity index (χ0v) is 17.7. The molecule has 0 bridgehead atoms. The quantitative estimate of drug-likeness (QED) is 0.717. The van der Waals surface area contributed by atoms with E-state index < -0.39 is 0 Å². The number of benzene rings is 1. The Morgan fingerprint density at radius 1 is 1.00 bits per heavy atom. The van der Waals surface area contributed by atoms with Crippen molar-refractivity contribution < 1.29 is 14.3 Å². The van der Waals surface area contributed by atoms with Crippen molar-refractivity contribution in [1.29, 1.82) is 0 Å². The Morgan fingerprint density at radius 3 is 2.32 bits per heavy atom. The summed E-state index contributed by atoms with van der Waals surface area (Å²) in [4.78, 5) is 19.8. The van der Waals surface area contributed by atoms with Crippen LogP contribution in [0, 0.1) is 5.92 Å². The highest BCUT2D eigenvalue weighted by molar-refractivity contribution is 5.79. The molecule has 2 fully saturated rings. The van der Waals surface area contributed by atoms with Crippen molar-refractivity contribution in [3.05, 3.63) is 23.8 Å². The molecule has 6 heteroatoms. The van der Waals surface area contributed by atoms with Gasteiger partial charge in [0, 0.05) is 38.6 Å². The Morgan fingerprint density at radius 2 is 1.71 bits per heavy atom. The van der Waals surface area contributed by atoms with Gasteiger partial charge in [-0.15, -0.1) is 0 Å². The molecule has 0 N–H and O–H groups in total. The lowest BCUT2D eigenvalue weighted by molar-refractivity contribution is -0.138. The van der Waals surface area contributed by atoms with Gasteiger partial charge in [0.2, 0.25) is 5.91 Å². The molecule has 2 heterocycles. The van der Waals surface area contributed by atoms with Gasteiger partial charge in [-0.2, -0.15) is 0 Å². The van der Waals surface area contributed by atoms with Crippen LogP contribution in [0.25, 0.3) is 0 Å². The van der Waals surface area contributed by atoms with Crippen LogP contribution in [0.2, 0.25) is 0 Å². The minimum atomic E-state index is 0.194. The van der Waals surface area contributed by atoms with Crippen molar-refractivity contribution in [2.24, 2.45) is 5.92 Å². The van der Waals surface area contributed by atoms with E-state index >= 15 is 0 Å². The van der Waals surface area contributed by atoms with Crippen LogP contribution >= 0.6 is 0 Å². The van der Waals surface area contributed by atoms with Crippen molar-refractivity contribution in [2.45, 2.75) is 33.2 Å². The molecule has 1 aromatic rings. The van der Waals surface area contributed by atoms with Crippen molar-refractivity contribution in [2.75, 3.05) is 59.5 Å². The molecule has 0 unspecified atom stereocenters. The number of piperazine rings is 1. The number of amides is 1. The summed E-state index contributed by atoms with van der Waals surface area (Å²) < 4.78 is 11.1.